The quantitative estimate of drug-likeness (QED) is 0.787. The van der Waals surface area contributed by atoms with E-state index >= 15 is 0 Å². The standard InChI is InChI=1S/C18H19NO5/c1-22-17(20)12-19-11-13-10-15(8-9-16(13)18(21)23-2)24-14-6-4-3-5-7-14/h3-10,19H,11-12H2,1-2H3. The summed E-state index contributed by atoms with van der Waals surface area (Å²) in [5.74, 6) is 0.447. The van der Waals surface area contributed by atoms with E-state index in [1.165, 1.54) is 14.2 Å². The van der Waals surface area contributed by atoms with Gasteiger partial charge in [0.25, 0.3) is 0 Å². The Morgan fingerprint density at radius 2 is 1.71 bits per heavy atom. The Morgan fingerprint density at radius 3 is 2.38 bits per heavy atom. The predicted octanol–water partition coefficient (Wildman–Crippen LogP) is 2.53. The fourth-order valence-electron chi connectivity index (χ4n) is 2.08. The van der Waals surface area contributed by atoms with Crippen molar-refractivity contribution < 1.29 is 23.8 Å². The number of esters is 2. The summed E-state index contributed by atoms with van der Waals surface area (Å²) in [6.07, 6.45) is 0. The molecule has 126 valence electrons. The van der Waals surface area contributed by atoms with Crippen LogP contribution in [0.4, 0.5) is 0 Å². The van der Waals surface area contributed by atoms with Crippen LogP contribution in [0.3, 0.4) is 0 Å². The third-order valence-corrected chi connectivity index (χ3v) is 3.27. The number of benzene rings is 2. The van der Waals surface area contributed by atoms with Crippen LogP contribution in [0.15, 0.2) is 48.5 Å². The van der Waals surface area contributed by atoms with Gasteiger partial charge in [0.1, 0.15) is 11.5 Å². The minimum absolute atomic E-state index is 0.0425. The molecule has 0 aliphatic carbocycles. The molecule has 1 N–H and O–H groups in total. The second-order valence-electron chi connectivity index (χ2n) is 4.91. The average Bonchev–Trinajstić information content (AvgIpc) is 2.62. The maximum atomic E-state index is 11.9. The zero-order valence-electron chi connectivity index (χ0n) is 13.6. The number of hydrogen-bond acceptors (Lipinski definition) is 6. The van der Waals surface area contributed by atoms with Crippen LogP contribution in [0.25, 0.3) is 0 Å². The number of carbonyl (C=O) groups excluding carboxylic acids is 2. The van der Waals surface area contributed by atoms with Gasteiger partial charge in [-0.25, -0.2) is 4.79 Å². The van der Waals surface area contributed by atoms with Crippen molar-refractivity contribution >= 4 is 11.9 Å². The molecule has 0 bridgehead atoms. The lowest BCUT2D eigenvalue weighted by Gasteiger charge is -2.12. The highest BCUT2D eigenvalue weighted by Crippen LogP contribution is 2.24. The fourth-order valence-corrected chi connectivity index (χ4v) is 2.08. The molecule has 0 aromatic heterocycles. The molecule has 0 aliphatic rings. The van der Waals surface area contributed by atoms with E-state index in [1.807, 2.05) is 30.3 Å². The average molecular weight is 329 g/mol. The number of hydrogen-bond donors (Lipinski definition) is 1. The number of methoxy groups -OCH3 is 2. The van der Waals surface area contributed by atoms with Crippen molar-refractivity contribution in [3.63, 3.8) is 0 Å². The summed E-state index contributed by atoms with van der Waals surface area (Å²) < 4.78 is 15.1. The van der Waals surface area contributed by atoms with Gasteiger partial charge in [0, 0.05) is 6.54 Å². The van der Waals surface area contributed by atoms with Gasteiger partial charge in [-0.05, 0) is 35.9 Å². The molecule has 6 nitrogen and oxygen atoms in total. The van der Waals surface area contributed by atoms with Crippen molar-refractivity contribution in [2.45, 2.75) is 6.54 Å². The third kappa shape index (κ3) is 4.82. The monoisotopic (exact) mass is 329 g/mol. The Labute approximate surface area is 140 Å². The molecule has 0 saturated heterocycles. The molecule has 0 atom stereocenters. The van der Waals surface area contributed by atoms with Gasteiger partial charge in [-0.2, -0.15) is 0 Å². The summed E-state index contributed by atoms with van der Waals surface area (Å²) >= 11 is 0. The molecule has 24 heavy (non-hydrogen) atoms. The molecule has 0 saturated carbocycles. The molecule has 2 aromatic carbocycles. The van der Waals surface area contributed by atoms with E-state index < -0.39 is 5.97 Å². The van der Waals surface area contributed by atoms with E-state index in [4.69, 9.17) is 9.47 Å². The molecule has 0 radical (unpaired) electrons. The molecular weight excluding hydrogens is 310 g/mol. The number of rotatable bonds is 7. The molecule has 0 heterocycles. The zero-order chi connectivity index (χ0) is 17.4. The van der Waals surface area contributed by atoms with Crippen molar-refractivity contribution in [2.75, 3.05) is 20.8 Å². The van der Waals surface area contributed by atoms with Gasteiger partial charge in [0.05, 0.1) is 26.3 Å². The van der Waals surface area contributed by atoms with Crippen molar-refractivity contribution in [3.05, 3.63) is 59.7 Å². The summed E-state index contributed by atoms with van der Waals surface area (Å²) in [5.41, 5.74) is 1.08. The lowest BCUT2D eigenvalue weighted by Crippen LogP contribution is -2.24. The van der Waals surface area contributed by atoms with Crippen LogP contribution in [-0.4, -0.2) is 32.7 Å². The van der Waals surface area contributed by atoms with Crippen molar-refractivity contribution in [2.24, 2.45) is 0 Å². The Bertz CT molecular complexity index is 700. The lowest BCUT2D eigenvalue weighted by atomic mass is 10.1. The topological polar surface area (TPSA) is 73.9 Å². The largest absolute Gasteiger partial charge is 0.468 e. The SMILES string of the molecule is COC(=O)CNCc1cc(Oc2ccccc2)ccc1C(=O)OC. The van der Waals surface area contributed by atoms with Crippen molar-refractivity contribution in [1.82, 2.24) is 5.32 Å². The summed E-state index contributed by atoms with van der Waals surface area (Å²) in [7, 11) is 2.64. The van der Waals surface area contributed by atoms with E-state index in [1.54, 1.807) is 18.2 Å². The summed E-state index contributed by atoms with van der Waals surface area (Å²) in [4.78, 5) is 23.1. The molecular formula is C18H19NO5. The Kier molecular flexibility index (Phi) is 6.33. The first-order valence-electron chi connectivity index (χ1n) is 7.35. The fraction of sp³-hybridized carbons (Fsp3) is 0.222. The van der Waals surface area contributed by atoms with Gasteiger partial charge in [-0.15, -0.1) is 0 Å². The first-order chi connectivity index (χ1) is 11.6. The van der Waals surface area contributed by atoms with Crippen molar-refractivity contribution in [3.8, 4) is 11.5 Å². The van der Waals surface area contributed by atoms with Crippen LogP contribution < -0.4 is 10.1 Å². The zero-order valence-corrected chi connectivity index (χ0v) is 13.6. The molecule has 0 spiro atoms. The molecule has 0 fully saturated rings. The minimum Gasteiger partial charge on any atom is -0.468 e. The van der Waals surface area contributed by atoms with Crippen LogP contribution in [-0.2, 0) is 20.8 Å². The molecule has 6 heteroatoms. The van der Waals surface area contributed by atoms with Crippen LogP contribution in [0.5, 0.6) is 11.5 Å². The predicted molar refractivity (Wildman–Crippen MR) is 88.0 cm³/mol. The van der Waals surface area contributed by atoms with Crippen LogP contribution >= 0.6 is 0 Å². The van der Waals surface area contributed by atoms with Crippen molar-refractivity contribution in [1.29, 1.82) is 0 Å². The highest BCUT2D eigenvalue weighted by molar-refractivity contribution is 5.91. The second-order valence-corrected chi connectivity index (χ2v) is 4.91. The highest BCUT2D eigenvalue weighted by atomic mass is 16.5. The summed E-state index contributed by atoms with van der Waals surface area (Å²) in [6.45, 7) is 0.340. The molecule has 2 aromatic rings. The highest BCUT2D eigenvalue weighted by Gasteiger charge is 2.13. The molecule has 0 amide bonds. The Morgan fingerprint density at radius 1 is 0.958 bits per heavy atom. The van der Waals surface area contributed by atoms with Gasteiger partial charge < -0.3 is 19.5 Å². The number of para-hydroxylation sites is 1. The van der Waals surface area contributed by atoms with Crippen LogP contribution in [0.1, 0.15) is 15.9 Å². The lowest BCUT2D eigenvalue weighted by molar-refractivity contribution is -0.139. The number of ether oxygens (including phenoxy) is 3. The van der Waals surface area contributed by atoms with E-state index in [-0.39, 0.29) is 12.5 Å². The summed E-state index contributed by atoms with van der Waals surface area (Å²) in [5, 5.41) is 2.92. The molecule has 0 unspecified atom stereocenters. The smallest absolute Gasteiger partial charge is 0.338 e. The number of carbonyl (C=O) groups is 2. The second kappa shape index (κ2) is 8.69. The van der Waals surface area contributed by atoms with Gasteiger partial charge in [-0.3, -0.25) is 4.79 Å². The van der Waals surface area contributed by atoms with Crippen LogP contribution in [0.2, 0.25) is 0 Å². The maximum Gasteiger partial charge on any atom is 0.338 e. The van der Waals surface area contributed by atoms with Gasteiger partial charge >= 0.3 is 11.9 Å². The first-order valence-corrected chi connectivity index (χ1v) is 7.35. The van der Waals surface area contributed by atoms with Gasteiger partial charge in [-0.1, -0.05) is 18.2 Å². The normalized spacial score (nSPS) is 10.1. The number of nitrogens with one attached hydrogen (secondary N) is 1. The van der Waals surface area contributed by atoms with E-state index in [0.717, 1.165) is 0 Å². The third-order valence-electron chi connectivity index (χ3n) is 3.27. The minimum atomic E-state index is -0.448. The Balaban J connectivity index is 2.17. The first kappa shape index (κ1) is 17.5. The summed E-state index contributed by atoms with van der Waals surface area (Å²) in [6, 6.07) is 14.4. The van der Waals surface area contributed by atoms with Crippen LogP contribution in [0, 0.1) is 0 Å². The molecule has 2 rings (SSSR count). The van der Waals surface area contributed by atoms with Gasteiger partial charge in [0.2, 0.25) is 0 Å². The maximum absolute atomic E-state index is 11.9. The Hall–Kier alpha value is -2.86. The molecule has 0 aliphatic heterocycles. The van der Waals surface area contributed by atoms with Gasteiger partial charge in [0.15, 0.2) is 0 Å². The van der Waals surface area contributed by atoms with E-state index in [0.29, 0.717) is 29.2 Å². The van der Waals surface area contributed by atoms with E-state index in [2.05, 4.69) is 10.1 Å². The van der Waals surface area contributed by atoms with E-state index in [9.17, 15) is 9.59 Å².